The van der Waals surface area contributed by atoms with E-state index in [-0.39, 0.29) is 0 Å². The first kappa shape index (κ1) is 9.07. The zero-order valence-corrected chi connectivity index (χ0v) is 9.88. The molecule has 4 aliphatic carbocycles. The van der Waals surface area contributed by atoms with Gasteiger partial charge in [-0.15, -0.1) is 0 Å². The molecule has 1 spiro atoms. The molecule has 84 valence electrons. The van der Waals surface area contributed by atoms with Crippen molar-refractivity contribution in [2.24, 2.45) is 29.1 Å². The maximum absolute atomic E-state index is 1.66. The number of rotatable bonds is 0. The molecule has 5 atom stereocenters. The van der Waals surface area contributed by atoms with Crippen molar-refractivity contribution in [3.05, 3.63) is 0 Å². The first-order valence-corrected chi connectivity index (χ1v) is 7.40. The summed E-state index contributed by atoms with van der Waals surface area (Å²) in [6, 6.07) is 0. The van der Waals surface area contributed by atoms with Gasteiger partial charge in [0.05, 0.1) is 0 Å². The lowest BCUT2D eigenvalue weighted by Gasteiger charge is -2.41. The minimum Gasteiger partial charge on any atom is -0.0530 e. The molecular formula is C15H24. The van der Waals surface area contributed by atoms with Crippen LogP contribution in [0.5, 0.6) is 0 Å². The van der Waals surface area contributed by atoms with Crippen LogP contribution in [-0.2, 0) is 0 Å². The van der Waals surface area contributed by atoms with Gasteiger partial charge >= 0.3 is 0 Å². The average molecular weight is 204 g/mol. The molecule has 0 heteroatoms. The van der Waals surface area contributed by atoms with Crippen LogP contribution in [0.3, 0.4) is 0 Å². The molecule has 0 N–H and O–H groups in total. The minimum atomic E-state index is 0.897. The fourth-order valence-corrected chi connectivity index (χ4v) is 6.32. The molecule has 0 heterocycles. The van der Waals surface area contributed by atoms with Crippen LogP contribution < -0.4 is 0 Å². The van der Waals surface area contributed by atoms with Crippen molar-refractivity contribution in [2.45, 2.75) is 64.2 Å². The first-order chi connectivity index (χ1) is 7.40. The third kappa shape index (κ3) is 1.04. The van der Waals surface area contributed by atoms with Gasteiger partial charge in [-0.2, -0.15) is 0 Å². The third-order valence-electron chi connectivity index (χ3n) is 6.70. The van der Waals surface area contributed by atoms with E-state index in [1.54, 1.807) is 64.2 Å². The van der Waals surface area contributed by atoms with Crippen molar-refractivity contribution >= 4 is 0 Å². The summed E-state index contributed by atoms with van der Waals surface area (Å²) < 4.78 is 0. The van der Waals surface area contributed by atoms with Crippen molar-refractivity contribution in [1.82, 2.24) is 0 Å². The van der Waals surface area contributed by atoms with Crippen molar-refractivity contribution in [3.63, 3.8) is 0 Å². The predicted molar refractivity (Wildman–Crippen MR) is 62.6 cm³/mol. The van der Waals surface area contributed by atoms with Crippen molar-refractivity contribution < 1.29 is 0 Å². The van der Waals surface area contributed by atoms with Crippen LogP contribution in [0, 0.1) is 29.1 Å². The molecule has 0 aromatic heterocycles. The van der Waals surface area contributed by atoms with Crippen LogP contribution in [0.1, 0.15) is 64.2 Å². The summed E-state index contributed by atoms with van der Waals surface area (Å²) in [6.45, 7) is 0. The molecule has 0 aromatic carbocycles. The van der Waals surface area contributed by atoms with Gasteiger partial charge in [-0.25, -0.2) is 0 Å². The summed E-state index contributed by atoms with van der Waals surface area (Å²) in [6.07, 6.45) is 16.0. The van der Waals surface area contributed by atoms with Gasteiger partial charge in [0.25, 0.3) is 0 Å². The van der Waals surface area contributed by atoms with E-state index in [2.05, 4.69) is 0 Å². The van der Waals surface area contributed by atoms with Crippen molar-refractivity contribution in [1.29, 1.82) is 0 Å². The highest BCUT2D eigenvalue weighted by atomic mass is 14.6. The SMILES string of the molecule is C1CC2C[C@@]34CCCC[C@@H]3CCC4C2C1. The largest absolute Gasteiger partial charge is 0.0530 e. The molecule has 0 radical (unpaired) electrons. The molecule has 3 unspecified atom stereocenters. The lowest BCUT2D eigenvalue weighted by Crippen LogP contribution is -2.32. The van der Waals surface area contributed by atoms with Gasteiger partial charge in [0, 0.05) is 0 Å². The lowest BCUT2D eigenvalue weighted by atomic mass is 9.64. The van der Waals surface area contributed by atoms with E-state index in [1.807, 2.05) is 0 Å². The molecule has 0 saturated heterocycles. The number of fused-ring (bicyclic) bond motifs is 2. The number of hydrogen-bond donors (Lipinski definition) is 0. The Labute approximate surface area is 93.8 Å². The van der Waals surface area contributed by atoms with Crippen LogP contribution in [0.2, 0.25) is 0 Å². The Hall–Kier alpha value is 0. The van der Waals surface area contributed by atoms with E-state index in [0.29, 0.717) is 0 Å². The van der Waals surface area contributed by atoms with E-state index in [1.165, 1.54) is 23.7 Å². The van der Waals surface area contributed by atoms with E-state index < -0.39 is 0 Å². The zero-order chi connectivity index (χ0) is 9.88. The Morgan fingerprint density at radius 2 is 1.80 bits per heavy atom. The summed E-state index contributed by atoms with van der Waals surface area (Å²) in [5.41, 5.74) is 0.897. The predicted octanol–water partition coefficient (Wildman–Crippen LogP) is 4.39. The summed E-state index contributed by atoms with van der Waals surface area (Å²) >= 11 is 0. The Bertz CT molecular complexity index is 269. The first-order valence-electron chi connectivity index (χ1n) is 7.40. The molecule has 0 amide bonds. The van der Waals surface area contributed by atoms with Gasteiger partial charge < -0.3 is 0 Å². The molecule has 4 rings (SSSR count). The van der Waals surface area contributed by atoms with Crippen LogP contribution in [0.25, 0.3) is 0 Å². The average Bonchev–Trinajstić information content (AvgIpc) is 2.84. The Kier molecular flexibility index (Phi) is 1.83. The van der Waals surface area contributed by atoms with Gasteiger partial charge in [0.15, 0.2) is 0 Å². The van der Waals surface area contributed by atoms with Crippen LogP contribution in [0.15, 0.2) is 0 Å². The summed E-state index contributed by atoms with van der Waals surface area (Å²) in [5, 5.41) is 0. The number of hydrogen-bond acceptors (Lipinski definition) is 0. The molecule has 0 bridgehead atoms. The third-order valence-corrected chi connectivity index (χ3v) is 6.70. The van der Waals surface area contributed by atoms with E-state index in [4.69, 9.17) is 0 Å². The quantitative estimate of drug-likeness (QED) is 0.549. The Morgan fingerprint density at radius 3 is 2.80 bits per heavy atom. The standard InChI is InChI=1S/C15H24/c1-2-9-15-10-11-4-3-6-13(11)14(15)8-7-12(15)5-1/h11-14H,1-10H2/t11?,12-,13?,14?,15+/m1/s1. The highest BCUT2D eigenvalue weighted by Gasteiger charge is 2.60. The Balaban J connectivity index is 1.70. The second kappa shape index (κ2) is 3.02. The zero-order valence-electron chi connectivity index (χ0n) is 9.88. The summed E-state index contributed by atoms with van der Waals surface area (Å²) in [7, 11) is 0. The molecular weight excluding hydrogens is 180 g/mol. The fourth-order valence-electron chi connectivity index (χ4n) is 6.32. The second-order valence-electron chi connectivity index (χ2n) is 6.92. The molecule has 0 aromatic rings. The molecule has 4 aliphatic rings. The topological polar surface area (TPSA) is 0 Å². The summed E-state index contributed by atoms with van der Waals surface area (Å²) in [5.74, 6) is 4.72. The minimum absolute atomic E-state index is 0.897. The van der Waals surface area contributed by atoms with Crippen molar-refractivity contribution in [3.8, 4) is 0 Å². The van der Waals surface area contributed by atoms with Gasteiger partial charge in [-0.05, 0) is 67.6 Å². The fraction of sp³-hybridized carbons (Fsp3) is 1.00. The van der Waals surface area contributed by atoms with E-state index >= 15 is 0 Å². The maximum Gasteiger partial charge on any atom is -0.0235 e. The van der Waals surface area contributed by atoms with Gasteiger partial charge in [-0.1, -0.05) is 25.7 Å². The summed E-state index contributed by atoms with van der Waals surface area (Å²) in [4.78, 5) is 0. The van der Waals surface area contributed by atoms with Gasteiger partial charge in [0.2, 0.25) is 0 Å². The van der Waals surface area contributed by atoms with Crippen LogP contribution in [-0.4, -0.2) is 0 Å². The smallest absolute Gasteiger partial charge is 0.0235 e. The molecule has 0 aliphatic heterocycles. The van der Waals surface area contributed by atoms with Crippen LogP contribution in [0.4, 0.5) is 0 Å². The molecule has 0 nitrogen and oxygen atoms in total. The molecule has 15 heavy (non-hydrogen) atoms. The monoisotopic (exact) mass is 204 g/mol. The van der Waals surface area contributed by atoms with Crippen molar-refractivity contribution in [2.75, 3.05) is 0 Å². The van der Waals surface area contributed by atoms with E-state index in [9.17, 15) is 0 Å². The Morgan fingerprint density at radius 1 is 0.800 bits per heavy atom. The highest BCUT2D eigenvalue weighted by Crippen LogP contribution is 2.69. The van der Waals surface area contributed by atoms with E-state index in [0.717, 1.165) is 5.41 Å². The second-order valence-corrected chi connectivity index (χ2v) is 6.92. The normalized spacial score (nSPS) is 57.6. The lowest BCUT2D eigenvalue weighted by molar-refractivity contribution is 0.0872. The van der Waals surface area contributed by atoms with Gasteiger partial charge in [-0.3, -0.25) is 0 Å². The maximum atomic E-state index is 1.66. The van der Waals surface area contributed by atoms with Gasteiger partial charge in [0.1, 0.15) is 0 Å². The highest BCUT2D eigenvalue weighted by molar-refractivity contribution is 5.09. The molecule has 4 saturated carbocycles. The van der Waals surface area contributed by atoms with Crippen LogP contribution >= 0.6 is 0 Å². The molecule has 4 fully saturated rings.